The van der Waals surface area contributed by atoms with E-state index in [1.54, 1.807) is 23.4 Å². The van der Waals surface area contributed by atoms with E-state index in [-0.39, 0.29) is 11.9 Å². The number of halogens is 1. The quantitative estimate of drug-likeness (QED) is 0.944. The van der Waals surface area contributed by atoms with Gasteiger partial charge < -0.3 is 10.6 Å². The lowest BCUT2D eigenvalue weighted by Gasteiger charge is -2.22. The Kier molecular flexibility index (Phi) is 4.75. The highest BCUT2D eigenvalue weighted by Gasteiger charge is 2.19. The lowest BCUT2D eigenvalue weighted by molar-refractivity contribution is 0.0743. The molecule has 1 heterocycles. The standard InChI is InChI=1S/C14H16ClN3OS/c1-9(7-16)18(2)14(19)12-8-20-13(17-12)10-4-3-5-11(15)6-10/h3-6,8-9H,7,16H2,1-2H3. The van der Waals surface area contributed by atoms with Crippen molar-refractivity contribution in [3.8, 4) is 10.6 Å². The van der Waals surface area contributed by atoms with E-state index in [0.29, 0.717) is 17.3 Å². The zero-order valence-corrected chi connectivity index (χ0v) is 12.9. The van der Waals surface area contributed by atoms with E-state index in [0.717, 1.165) is 10.6 Å². The van der Waals surface area contributed by atoms with Gasteiger partial charge in [0.1, 0.15) is 10.7 Å². The molecule has 1 atom stereocenters. The molecule has 0 saturated heterocycles. The van der Waals surface area contributed by atoms with Crippen LogP contribution < -0.4 is 5.73 Å². The highest BCUT2D eigenvalue weighted by Crippen LogP contribution is 2.26. The van der Waals surface area contributed by atoms with Crippen LogP contribution in [0.15, 0.2) is 29.6 Å². The third kappa shape index (κ3) is 3.17. The molecule has 1 unspecified atom stereocenters. The summed E-state index contributed by atoms with van der Waals surface area (Å²) in [6.07, 6.45) is 0. The molecule has 6 heteroatoms. The number of hydrogen-bond acceptors (Lipinski definition) is 4. The molecule has 0 spiro atoms. The van der Waals surface area contributed by atoms with Gasteiger partial charge in [0.25, 0.3) is 5.91 Å². The van der Waals surface area contributed by atoms with E-state index >= 15 is 0 Å². The van der Waals surface area contributed by atoms with Crippen molar-refractivity contribution < 1.29 is 4.79 Å². The number of aromatic nitrogens is 1. The maximum atomic E-state index is 12.2. The number of hydrogen-bond donors (Lipinski definition) is 1. The van der Waals surface area contributed by atoms with Crippen LogP contribution in [0.5, 0.6) is 0 Å². The SMILES string of the molecule is CC(CN)N(C)C(=O)c1csc(-c2cccc(Cl)c2)n1. The Bertz CT molecular complexity index is 614. The summed E-state index contributed by atoms with van der Waals surface area (Å²) < 4.78 is 0. The minimum atomic E-state index is -0.118. The molecule has 2 N–H and O–H groups in total. The number of carbonyl (C=O) groups is 1. The molecule has 2 aromatic rings. The molecule has 4 nitrogen and oxygen atoms in total. The van der Waals surface area contributed by atoms with Gasteiger partial charge in [0.15, 0.2) is 0 Å². The number of nitrogens with zero attached hydrogens (tertiary/aromatic N) is 2. The van der Waals surface area contributed by atoms with Crippen LogP contribution in [-0.4, -0.2) is 35.4 Å². The molecule has 1 aromatic heterocycles. The van der Waals surface area contributed by atoms with Crippen molar-refractivity contribution in [2.24, 2.45) is 5.73 Å². The van der Waals surface area contributed by atoms with Crippen LogP contribution in [0.2, 0.25) is 5.02 Å². The first-order chi connectivity index (χ1) is 9.52. The van der Waals surface area contributed by atoms with Gasteiger partial charge in [0, 0.05) is 35.6 Å². The largest absolute Gasteiger partial charge is 0.336 e. The van der Waals surface area contributed by atoms with Gasteiger partial charge >= 0.3 is 0 Å². The zero-order chi connectivity index (χ0) is 14.7. The van der Waals surface area contributed by atoms with Gasteiger partial charge in [-0.2, -0.15) is 0 Å². The fourth-order valence-electron chi connectivity index (χ4n) is 1.67. The topological polar surface area (TPSA) is 59.2 Å². The molecule has 0 aliphatic heterocycles. The van der Waals surface area contributed by atoms with Gasteiger partial charge in [0.05, 0.1) is 0 Å². The van der Waals surface area contributed by atoms with Crippen LogP contribution in [0, 0.1) is 0 Å². The first kappa shape index (κ1) is 15.0. The maximum absolute atomic E-state index is 12.2. The number of likely N-dealkylation sites (N-methyl/N-ethyl adjacent to an activating group) is 1. The van der Waals surface area contributed by atoms with E-state index in [9.17, 15) is 4.79 Å². The molecule has 0 fully saturated rings. The van der Waals surface area contributed by atoms with Crippen LogP contribution in [0.3, 0.4) is 0 Å². The monoisotopic (exact) mass is 309 g/mol. The molecule has 0 aliphatic rings. The Morgan fingerprint density at radius 3 is 2.95 bits per heavy atom. The smallest absolute Gasteiger partial charge is 0.273 e. The van der Waals surface area contributed by atoms with E-state index in [2.05, 4.69) is 4.98 Å². The van der Waals surface area contributed by atoms with Gasteiger partial charge in [-0.3, -0.25) is 4.79 Å². The Morgan fingerprint density at radius 2 is 2.30 bits per heavy atom. The second-order valence-electron chi connectivity index (χ2n) is 4.55. The summed E-state index contributed by atoms with van der Waals surface area (Å²) in [5.74, 6) is -0.118. The molecule has 106 valence electrons. The predicted octanol–water partition coefficient (Wildman–Crippen LogP) is 2.88. The summed E-state index contributed by atoms with van der Waals surface area (Å²) in [5, 5.41) is 3.20. The normalized spacial score (nSPS) is 12.2. The van der Waals surface area contributed by atoms with Crippen molar-refractivity contribution in [2.75, 3.05) is 13.6 Å². The van der Waals surface area contributed by atoms with Crippen LogP contribution in [0.1, 0.15) is 17.4 Å². The summed E-state index contributed by atoms with van der Waals surface area (Å²) in [4.78, 5) is 18.2. The molecular weight excluding hydrogens is 294 g/mol. The van der Waals surface area contributed by atoms with Gasteiger partial charge in [-0.1, -0.05) is 23.7 Å². The summed E-state index contributed by atoms with van der Waals surface area (Å²) in [6.45, 7) is 2.33. The Labute approximate surface area is 127 Å². The van der Waals surface area contributed by atoms with Gasteiger partial charge in [-0.25, -0.2) is 4.98 Å². The lowest BCUT2D eigenvalue weighted by atomic mass is 10.2. The van der Waals surface area contributed by atoms with Crippen LogP contribution in [0.4, 0.5) is 0 Å². The minimum Gasteiger partial charge on any atom is -0.336 e. The second-order valence-corrected chi connectivity index (χ2v) is 5.84. The number of rotatable bonds is 4. The molecule has 0 radical (unpaired) electrons. The van der Waals surface area contributed by atoms with Crippen molar-refractivity contribution in [1.82, 2.24) is 9.88 Å². The molecular formula is C14H16ClN3OS. The Balaban J connectivity index is 2.23. The van der Waals surface area contributed by atoms with E-state index in [1.165, 1.54) is 11.3 Å². The number of carbonyl (C=O) groups excluding carboxylic acids is 1. The van der Waals surface area contributed by atoms with E-state index < -0.39 is 0 Å². The van der Waals surface area contributed by atoms with Crippen molar-refractivity contribution in [2.45, 2.75) is 13.0 Å². The molecule has 2 rings (SSSR count). The first-order valence-electron chi connectivity index (χ1n) is 6.21. The molecule has 0 bridgehead atoms. The van der Waals surface area contributed by atoms with Crippen molar-refractivity contribution in [3.05, 3.63) is 40.4 Å². The summed E-state index contributed by atoms with van der Waals surface area (Å²) in [6, 6.07) is 7.41. The van der Waals surface area contributed by atoms with E-state index in [4.69, 9.17) is 17.3 Å². The lowest BCUT2D eigenvalue weighted by Crippen LogP contribution is -2.39. The Hall–Kier alpha value is -1.43. The molecule has 1 aromatic carbocycles. The minimum absolute atomic E-state index is 0.0150. The number of nitrogens with two attached hydrogens (primary N) is 1. The van der Waals surface area contributed by atoms with Gasteiger partial charge in [-0.05, 0) is 19.1 Å². The number of benzene rings is 1. The summed E-state index contributed by atoms with van der Waals surface area (Å²) in [5.41, 5.74) is 6.93. The van der Waals surface area contributed by atoms with E-state index in [1.807, 2.05) is 25.1 Å². The van der Waals surface area contributed by atoms with Crippen LogP contribution in [-0.2, 0) is 0 Å². The second kappa shape index (κ2) is 6.35. The third-order valence-electron chi connectivity index (χ3n) is 3.12. The number of thiazole rings is 1. The van der Waals surface area contributed by atoms with Crippen LogP contribution in [0.25, 0.3) is 10.6 Å². The highest BCUT2D eigenvalue weighted by molar-refractivity contribution is 7.13. The average Bonchev–Trinajstić information content (AvgIpc) is 2.94. The first-order valence-corrected chi connectivity index (χ1v) is 7.47. The van der Waals surface area contributed by atoms with Crippen LogP contribution >= 0.6 is 22.9 Å². The molecule has 1 amide bonds. The fraction of sp³-hybridized carbons (Fsp3) is 0.286. The molecule has 20 heavy (non-hydrogen) atoms. The predicted molar refractivity (Wildman–Crippen MR) is 83.2 cm³/mol. The van der Waals surface area contributed by atoms with Crippen molar-refractivity contribution in [3.63, 3.8) is 0 Å². The highest BCUT2D eigenvalue weighted by atomic mass is 35.5. The van der Waals surface area contributed by atoms with Gasteiger partial charge in [-0.15, -0.1) is 11.3 Å². The summed E-state index contributed by atoms with van der Waals surface area (Å²) in [7, 11) is 1.73. The molecule has 0 aliphatic carbocycles. The van der Waals surface area contributed by atoms with Gasteiger partial charge in [0.2, 0.25) is 0 Å². The summed E-state index contributed by atoms with van der Waals surface area (Å²) >= 11 is 7.39. The number of amides is 1. The third-order valence-corrected chi connectivity index (χ3v) is 4.24. The van der Waals surface area contributed by atoms with Crippen molar-refractivity contribution in [1.29, 1.82) is 0 Å². The fourth-order valence-corrected chi connectivity index (χ4v) is 2.65. The molecule has 0 saturated carbocycles. The van der Waals surface area contributed by atoms with Crippen molar-refractivity contribution >= 4 is 28.8 Å². The average molecular weight is 310 g/mol. The Morgan fingerprint density at radius 1 is 1.55 bits per heavy atom. The maximum Gasteiger partial charge on any atom is 0.273 e. The zero-order valence-electron chi connectivity index (χ0n) is 11.3.